The van der Waals surface area contributed by atoms with Gasteiger partial charge in [0, 0.05) is 25.8 Å². The molecule has 1 atom stereocenters. The van der Waals surface area contributed by atoms with Crippen molar-refractivity contribution in [1.29, 1.82) is 0 Å². The standard InChI is InChI=1S/C10H21NO2/c1-4-13-10(2,3)8-11-9-5-6-12-7-9/h9,11H,4-8H2,1-3H3. The monoisotopic (exact) mass is 187 g/mol. The number of hydrogen-bond donors (Lipinski definition) is 1. The molecule has 0 aromatic rings. The second-order valence-corrected chi connectivity index (χ2v) is 4.13. The number of rotatable bonds is 5. The predicted octanol–water partition coefficient (Wildman–Crippen LogP) is 1.18. The fourth-order valence-electron chi connectivity index (χ4n) is 1.53. The number of ether oxygens (including phenoxy) is 2. The Labute approximate surface area is 80.8 Å². The van der Waals surface area contributed by atoms with Crippen LogP contribution >= 0.6 is 0 Å². The summed E-state index contributed by atoms with van der Waals surface area (Å²) in [7, 11) is 0. The highest BCUT2D eigenvalue weighted by molar-refractivity contribution is 4.78. The van der Waals surface area contributed by atoms with Crippen LogP contribution in [0.1, 0.15) is 27.2 Å². The van der Waals surface area contributed by atoms with Crippen LogP contribution in [0.4, 0.5) is 0 Å². The Balaban J connectivity index is 2.15. The van der Waals surface area contributed by atoms with Gasteiger partial charge in [-0.15, -0.1) is 0 Å². The summed E-state index contributed by atoms with van der Waals surface area (Å²) >= 11 is 0. The molecule has 0 radical (unpaired) electrons. The van der Waals surface area contributed by atoms with Gasteiger partial charge in [0.1, 0.15) is 0 Å². The van der Waals surface area contributed by atoms with E-state index < -0.39 is 0 Å². The van der Waals surface area contributed by atoms with E-state index in [9.17, 15) is 0 Å². The van der Waals surface area contributed by atoms with E-state index >= 15 is 0 Å². The van der Waals surface area contributed by atoms with Crippen molar-refractivity contribution in [3.8, 4) is 0 Å². The molecule has 1 unspecified atom stereocenters. The Bertz CT molecular complexity index is 142. The molecule has 0 aromatic heterocycles. The molecule has 0 aromatic carbocycles. The van der Waals surface area contributed by atoms with E-state index in [-0.39, 0.29) is 5.60 Å². The van der Waals surface area contributed by atoms with Gasteiger partial charge < -0.3 is 14.8 Å². The van der Waals surface area contributed by atoms with E-state index in [0.717, 1.165) is 32.8 Å². The third-order valence-electron chi connectivity index (χ3n) is 2.28. The zero-order valence-corrected chi connectivity index (χ0v) is 8.93. The summed E-state index contributed by atoms with van der Waals surface area (Å²) in [6.45, 7) is 9.67. The summed E-state index contributed by atoms with van der Waals surface area (Å²) in [6.07, 6.45) is 1.13. The van der Waals surface area contributed by atoms with E-state index in [1.165, 1.54) is 0 Å². The number of nitrogens with one attached hydrogen (secondary N) is 1. The van der Waals surface area contributed by atoms with Gasteiger partial charge >= 0.3 is 0 Å². The van der Waals surface area contributed by atoms with Gasteiger partial charge in [0.15, 0.2) is 0 Å². The van der Waals surface area contributed by atoms with Crippen LogP contribution in [0.3, 0.4) is 0 Å². The van der Waals surface area contributed by atoms with Gasteiger partial charge in [0.2, 0.25) is 0 Å². The molecule has 1 aliphatic heterocycles. The van der Waals surface area contributed by atoms with Crippen molar-refractivity contribution < 1.29 is 9.47 Å². The van der Waals surface area contributed by atoms with Crippen molar-refractivity contribution in [1.82, 2.24) is 5.32 Å². The Kier molecular flexibility index (Phi) is 4.16. The first-order valence-electron chi connectivity index (χ1n) is 5.09. The minimum absolute atomic E-state index is 0.0582. The zero-order valence-electron chi connectivity index (χ0n) is 8.93. The van der Waals surface area contributed by atoms with Crippen LogP contribution in [0.25, 0.3) is 0 Å². The second kappa shape index (κ2) is 4.94. The molecular formula is C10H21NO2. The summed E-state index contributed by atoms with van der Waals surface area (Å²) in [5.41, 5.74) is -0.0582. The molecule has 0 aliphatic carbocycles. The van der Waals surface area contributed by atoms with Gasteiger partial charge in [-0.2, -0.15) is 0 Å². The molecule has 1 heterocycles. The van der Waals surface area contributed by atoms with E-state index in [1.54, 1.807) is 0 Å². The minimum Gasteiger partial charge on any atom is -0.380 e. The molecule has 1 fully saturated rings. The SMILES string of the molecule is CCOC(C)(C)CNC1CCOC1. The highest BCUT2D eigenvalue weighted by Gasteiger charge is 2.21. The largest absolute Gasteiger partial charge is 0.380 e. The molecule has 3 nitrogen and oxygen atoms in total. The van der Waals surface area contributed by atoms with Gasteiger partial charge in [0.05, 0.1) is 12.2 Å². The minimum atomic E-state index is -0.0582. The van der Waals surface area contributed by atoms with Crippen LogP contribution in [-0.2, 0) is 9.47 Å². The Morgan fingerprint density at radius 1 is 1.54 bits per heavy atom. The van der Waals surface area contributed by atoms with Gasteiger partial charge in [0.25, 0.3) is 0 Å². The van der Waals surface area contributed by atoms with Crippen LogP contribution in [0.15, 0.2) is 0 Å². The Hall–Kier alpha value is -0.120. The molecule has 13 heavy (non-hydrogen) atoms. The summed E-state index contributed by atoms with van der Waals surface area (Å²) < 4.78 is 10.9. The van der Waals surface area contributed by atoms with Crippen molar-refractivity contribution in [2.45, 2.75) is 38.8 Å². The van der Waals surface area contributed by atoms with E-state index in [4.69, 9.17) is 9.47 Å². The lowest BCUT2D eigenvalue weighted by atomic mass is 10.1. The number of hydrogen-bond acceptors (Lipinski definition) is 3. The molecule has 1 rings (SSSR count). The van der Waals surface area contributed by atoms with E-state index in [0.29, 0.717) is 6.04 Å². The summed E-state index contributed by atoms with van der Waals surface area (Å²) in [5, 5.41) is 3.46. The van der Waals surface area contributed by atoms with Crippen molar-refractivity contribution >= 4 is 0 Å². The lowest BCUT2D eigenvalue weighted by Gasteiger charge is -2.26. The summed E-state index contributed by atoms with van der Waals surface area (Å²) in [4.78, 5) is 0. The molecule has 1 N–H and O–H groups in total. The molecule has 0 amide bonds. The van der Waals surface area contributed by atoms with Crippen LogP contribution in [0.5, 0.6) is 0 Å². The third kappa shape index (κ3) is 4.07. The van der Waals surface area contributed by atoms with Crippen LogP contribution in [0, 0.1) is 0 Å². The first kappa shape index (κ1) is 11.0. The first-order valence-corrected chi connectivity index (χ1v) is 5.09. The molecule has 1 saturated heterocycles. The average Bonchev–Trinajstić information content (AvgIpc) is 2.52. The van der Waals surface area contributed by atoms with E-state index in [2.05, 4.69) is 19.2 Å². The second-order valence-electron chi connectivity index (χ2n) is 4.13. The van der Waals surface area contributed by atoms with Crippen molar-refractivity contribution in [3.63, 3.8) is 0 Å². The summed E-state index contributed by atoms with van der Waals surface area (Å²) in [5.74, 6) is 0. The average molecular weight is 187 g/mol. The van der Waals surface area contributed by atoms with Gasteiger partial charge in [-0.05, 0) is 27.2 Å². The molecule has 3 heteroatoms. The molecule has 0 saturated carbocycles. The highest BCUT2D eigenvalue weighted by Crippen LogP contribution is 2.09. The van der Waals surface area contributed by atoms with Crippen molar-refractivity contribution in [2.75, 3.05) is 26.4 Å². The highest BCUT2D eigenvalue weighted by atomic mass is 16.5. The van der Waals surface area contributed by atoms with Crippen molar-refractivity contribution in [3.05, 3.63) is 0 Å². The van der Waals surface area contributed by atoms with Gasteiger partial charge in [-0.1, -0.05) is 0 Å². The lowest BCUT2D eigenvalue weighted by Crippen LogP contribution is -2.42. The summed E-state index contributed by atoms with van der Waals surface area (Å²) in [6, 6.07) is 0.528. The topological polar surface area (TPSA) is 30.5 Å². The van der Waals surface area contributed by atoms with E-state index in [1.807, 2.05) is 6.92 Å². The predicted molar refractivity (Wildman–Crippen MR) is 52.9 cm³/mol. The molecular weight excluding hydrogens is 166 g/mol. The maximum absolute atomic E-state index is 5.59. The smallest absolute Gasteiger partial charge is 0.0750 e. The Morgan fingerprint density at radius 2 is 2.31 bits per heavy atom. The van der Waals surface area contributed by atoms with Gasteiger partial charge in [-0.3, -0.25) is 0 Å². The molecule has 0 spiro atoms. The third-order valence-corrected chi connectivity index (χ3v) is 2.28. The van der Waals surface area contributed by atoms with Crippen molar-refractivity contribution in [2.24, 2.45) is 0 Å². The molecule has 0 bridgehead atoms. The lowest BCUT2D eigenvalue weighted by molar-refractivity contribution is -0.0107. The Morgan fingerprint density at radius 3 is 2.85 bits per heavy atom. The molecule has 1 aliphatic rings. The fourth-order valence-corrected chi connectivity index (χ4v) is 1.53. The maximum atomic E-state index is 5.59. The first-order chi connectivity index (χ1) is 6.14. The van der Waals surface area contributed by atoms with Crippen LogP contribution in [0.2, 0.25) is 0 Å². The zero-order chi connectivity index (χ0) is 9.73. The maximum Gasteiger partial charge on any atom is 0.0750 e. The fraction of sp³-hybridized carbons (Fsp3) is 1.00. The molecule has 78 valence electrons. The van der Waals surface area contributed by atoms with Crippen LogP contribution in [-0.4, -0.2) is 38.0 Å². The van der Waals surface area contributed by atoms with Gasteiger partial charge in [-0.25, -0.2) is 0 Å². The van der Waals surface area contributed by atoms with Crippen LogP contribution < -0.4 is 5.32 Å². The quantitative estimate of drug-likeness (QED) is 0.701. The normalized spacial score (nSPS) is 23.8.